The Labute approximate surface area is 253 Å². The number of hydrogen-bond acceptors (Lipinski definition) is 2. The van der Waals surface area contributed by atoms with Gasteiger partial charge in [-0.25, -0.2) is 4.98 Å². The Kier molecular flexibility index (Phi) is 7.32. The van der Waals surface area contributed by atoms with Crippen molar-refractivity contribution >= 4 is 17.1 Å². The van der Waals surface area contributed by atoms with Crippen LogP contribution in [0.3, 0.4) is 0 Å². The van der Waals surface area contributed by atoms with E-state index in [1.165, 1.54) is 11.1 Å². The summed E-state index contributed by atoms with van der Waals surface area (Å²) in [4.78, 5) is 7.31. The van der Waals surface area contributed by atoms with Gasteiger partial charge >= 0.3 is 0 Å². The highest BCUT2D eigenvalue weighted by Crippen LogP contribution is 2.36. The molecule has 0 aliphatic heterocycles. The fourth-order valence-corrected chi connectivity index (χ4v) is 5.47. The van der Waals surface area contributed by atoms with E-state index < -0.39 is 0 Å². The second-order valence-corrected chi connectivity index (χ2v) is 10.5. The molecule has 1 aromatic heterocycles. The molecule has 0 radical (unpaired) electrons. The van der Waals surface area contributed by atoms with Gasteiger partial charge in [0.05, 0.1) is 11.4 Å². The van der Waals surface area contributed by atoms with Crippen LogP contribution in [0.25, 0.3) is 44.8 Å². The van der Waals surface area contributed by atoms with E-state index in [4.69, 9.17) is 4.98 Å². The van der Waals surface area contributed by atoms with Gasteiger partial charge in [-0.2, -0.15) is 0 Å². The summed E-state index contributed by atoms with van der Waals surface area (Å²) in [5, 5.41) is 0. The quantitative estimate of drug-likeness (QED) is 0.196. The molecule has 7 rings (SSSR count). The number of aromatic nitrogens is 1. The van der Waals surface area contributed by atoms with Gasteiger partial charge in [0.1, 0.15) is 0 Å². The Morgan fingerprint density at radius 2 is 0.605 bits per heavy atom. The molecule has 2 heteroatoms. The van der Waals surface area contributed by atoms with Gasteiger partial charge in [-0.15, -0.1) is 0 Å². The average molecular weight is 551 g/mol. The smallest absolute Gasteiger partial charge is 0.0715 e. The summed E-state index contributed by atoms with van der Waals surface area (Å²) < 4.78 is 0. The third kappa shape index (κ3) is 5.72. The van der Waals surface area contributed by atoms with E-state index in [1.807, 2.05) is 12.1 Å². The van der Waals surface area contributed by atoms with Crippen LogP contribution in [0.15, 0.2) is 182 Å². The van der Waals surface area contributed by atoms with Crippen molar-refractivity contribution in [2.45, 2.75) is 0 Å². The van der Waals surface area contributed by atoms with Crippen LogP contribution in [-0.2, 0) is 0 Å². The predicted molar refractivity (Wildman–Crippen MR) is 181 cm³/mol. The van der Waals surface area contributed by atoms with Crippen molar-refractivity contribution in [2.24, 2.45) is 0 Å². The number of benzene rings is 6. The second kappa shape index (κ2) is 12.0. The summed E-state index contributed by atoms with van der Waals surface area (Å²) in [6.07, 6.45) is 0. The molecule has 6 aromatic carbocycles. The molecule has 0 atom stereocenters. The standard InChI is InChI=1S/C41H30N2/c1-5-13-34(14-6-1)40-29-36(30-41(42-40)35-15-7-2-8-16-35)33-23-21-31(22-24-33)32-25-27-39(28-26-32)43(37-17-9-3-10-18-37)38-19-11-4-12-20-38/h1-30H. The fourth-order valence-electron chi connectivity index (χ4n) is 5.47. The van der Waals surface area contributed by atoms with E-state index in [0.717, 1.165) is 50.7 Å². The monoisotopic (exact) mass is 550 g/mol. The van der Waals surface area contributed by atoms with Crippen molar-refractivity contribution < 1.29 is 0 Å². The molecule has 204 valence electrons. The summed E-state index contributed by atoms with van der Waals surface area (Å²) in [6.45, 7) is 0. The Morgan fingerprint density at radius 1 is 0.279 bits per heavy atom. The molecule has 0 spiro atoms. The molecule has 43 heavy (non-hydrogen) atoms. The Balaban J connectivity index is 1.21. The average Bonchev–Trinajstić information content (AvgIpc) is 3.10. The van der Waals surface area contributed by atoms with Crippen LogP contribution in [0.5, 0.6) is 0 Å². The topological polar surface area (TPSA) is 16.1 Å². The summed E-state index contributed by atoms with van der Waals surface area (Å²) in [5.41, 5.74) is 12.2. The van der Waals surface area contributed by atoms with Gasteiger partial charge in [0.2, 0.25) is 0 Å². The van der Waals surface area contributed by atoms with Crippen molar-refractivity contribution in [1.29, 1.82) is 0 Å². The molecule has 0 N–H and O–H groups in total. The maximum absolute atomic E-state index is 5.03. The number of nitrogens with zero attached hydrogens (tertiary/aromatic N) is 2. The first kappa shape index (κ1) is 26.2. The molecular formula is C41H30N2. The van der Waals surface area contributed by atoms with Crippen molar-refractivity contribution in [3.8, 4) is 44.8 Å². The number of para-hydroxylation sites is 2. The number of rotatable bonds is 7. The van der Waals surface area contributed by atoms with Gasteiger partial charge < -0.3 is 4.90 Å². The molecule has 0 aliphatic carbocycles. The first-order chi connectivity index (χ1) is 21.3. The zero-order chi connectivity index (χ0) is 28.8. The van der Waals surface area contributed by atoms with Crippen LogP contribution >= 0.6 is 0 Å². The van der Waals surface area contributed by atoms with Gasteiger partial charge in [-0.1, -0.05) is 133 Å². The lowest BCUT2D eigenvalue weighted by Crippen LogP contribution is -2.09. The van der Waals surface area contributed by atoms with Crippen molar-refractivity contribution in [1.82, 2.24) is 4.98 Å². The summed E-state index contributed by atoms with van der Waals surface area (Å²) in [5.74, 6) is 0. The minimum absolute atomic E-state index is 0.970. The SMILES string of the molecule is c1ccc(-c2cc(-c3ccc(-c4ccc(N(c5ccccc5)c5ccccc5)cc4)cc3)cc(-c3ccccc3)n2)cc1. The minimum atomic E-state index is 0.970. The lowest BCUT2D eigenvalue weighted by Gasteiger charge is -2.25. The van der Waals surface area contributed by atoms with E-state index in [1.54, 1.807) is 0 Å². The van der Waals surface area contributed by atoms with E-state index in [9.17, 15) is 0 Å². The number of pyridine rings is 1. The normalized spacial score (nSPS) is 10.8. The highest BCUT2D eigenvalue weighted by Gasteiger charge is 2.13. The van der Waals surface area contributed by atoms with E-state index in [-0.39, 0.29) is 0 Å². The highest BCUT2D eigenvalue weighted by atomic mass is 15.1. The molecular weight excluding hydrogens is 520 g/mol. The molecule has 0 saturated heterocycles. The van der Waals surface area contributed by atoms with Gasteiger partial charge in [0.25, 0.3) is 0 Å². The maximum atomic E-state index is 5.03. The first-order valence-corrected chi connectivity index (χ1v) is 14.6. The summed E-state index contributed by atoms with van der Waals surface area (Å²) >= 11 is 0. The predicted octanol–water partition coefficient (Wildman–Crippen LogP) is 11.2. The minimum Gasteiger partial charge on any atom is -0.311 e. The third-order valence-corrected chi connectivity index (χ3v) is 7.67. The second-order valence-electron chi connectivity index (χ2n) is 10.5. The third-order valence-electron chi connectivity index (χ3n) is 7.67. The van der Waals surface area contributed by atoms with Crippen LogP contribution < -0.4 is 4.90 Å². The lowest BCUT2D eigenvalue weighted by molar-refractivity contribution is 1.28. The Hall–Kier alpha value is -5.73. The van der Waals surface area contributed by atoms with Crippen molar-refractivity contribution in [2.75, 3.05) is 4.90 Å². The lowest BCUT2D eigenvalue weighted by atomic mass is 9.97. The molecule has 0 aliphatic rings. The van der Waals surface area contributed by atoms with Crippen molar-refractivity contribution in [3.05, 3.63) is 182 Å². The van der Waals surface area contributed by atoms with Crippen LogP contribution in [0, 0.1) is 0 Å². The van der Waals surface area contributed by atoms with Gasteiger partial charge in [-0.3, -0.25) is 0 Å². The van der Waals surface area contributed by atoms with Crippen LogP contribution in [0.2, 0.25) is 0 Å². The number of anilines is 3. The summed E-state index contributed by atoms with van der Waals surface area (Å²) in [6, 6.07) is 63.8. The van der Waals surface area contributed by atoms with Gasteiger partial charge in [0.15, 0.2) is 0 Å². The van der Waals surface area contributed by atoms with E-state index >= 15 is 0 Å². The van der Waals surface area contributed by atoms with Gasteiger partial charge in [-0.05, 0) is 70.8 Å². The van der Waals surface area contributed by atoms with E-state index in [0.29, 0.717) is 0 Å². The summed E-state index contributed by atoms with van der Waals surface area (Å²) in [7, 11) is 0. The number of hydrogen-bond donors (Lipinski definition) is 0. The molecule has 0 amide bonds. The first-order valence-electron chi connectivity index (χ1n) is 14.6. The molecule has 7 aromatic rings. The Morgan fingerprint density at radius 3 is 1.02 bits per heavy atom. The van der Waals surface area contributed by atoms with E-state index in [2.05, 4.69) is 175 Å². The van der Waals surface area contributed by atoms with Crippen LogP contribution in [0.4, 0.5) is 17.1 Å². The molecule has 1 heterocycles. The van der Waals surface area contributed by atoms with Crippen LogP contribution in [0.1, 0.15) is 0 Å². The molecule has 0 unspecified atom stereocenters. The Bertz CT molecular complexity index is 1820. The molecule has 2 nitrogen and oxygen atoms in total. The van der Waals surface area contributed by atoms with Crippen LogP contribution in [-0.4, -0.2) is 4.98 Å². The molecule has 0 saturated carbocycles. The molecule has 0 fully saturated rings. The largest absolute Gasteiger partial charge is 0.311 e. The highest BCUT2D eigenvalue weighted by molar-refractivity contribution is 5.80. The maximum Gasteiger partial charge on any atom is 0.0715 e. The van der Waals surface area contributed by atoms with Gasteiger partial charge in [0, 0.05) is 28.2 Å². The fraction of sp³-hybridized carbons (Fsp3) is 0. The zero-order valence-corrected chi connectivity index (χ0v) is 23.7. The molecule has 0 bridgehead atoms. The zero-order valence-electron chi connectivity index (χ0n) is 23.7. The van der Waals surface area contributed by atoms with Crippen molar-refractivity contribution in [3.63, 3.8) is 0 Å².